The lowest BCUT2D eigenvalue weighted by Gasteiger charge is -2.25. The molecule has 0 amide bonds. The number of aromatic hydroxyl groups is 1. The highest BCUT2D eigenvalue weighted by Gasteiger charge is 2.24. The van der Waals surface area contributed by atoms with Gasteiger partial charge in [-0.1, -0.05) is 51.9 Å². The Morgan fingerprint density at radius 1 is 1.14 bits per heavy atom. The first-order valence-corrected chi connectivity index (χ1v) is 8.32. The number of phenolic OH excluding ortho intramolecular Hbond substituents is 1. The van der Waals surface area contributed by atoms with Crippen molar-refractivity contribution < 1.29 is 13.9 Å². The maximum atomic E-state index is 13.4. The number of hydrogen-bond acceptors (Lipinski definition) is 1. The van der Waals surface area contributed by atoms with Gasteiger partial charge in [0.25, 0.3) is 0 Å². The summed E-state index contributed by atoms with van der Waals surface area (Å²) < 4.78 is 26.7. The molecule has 0 saturated heterocycles. The summed E-state index contributed by atoms with van der Waals surface area (Å²) in [6.07, 6.45) is 11.3. The van der Waals surface area contributed by atoms with Crippen molar-refractivity contribution in [3.8, 4) is 5.75 Å². The second-order valence-electron chi connectivity index (χ2n) is 6.32. The zero-order chi connectivity index (χ0) is 15.2. The Bertz CT molecular complexity index is 471. The monoisotopic (exact) mass is 296 g/mol. The van der Waals surface area contributed by atoms with Crippen molar-refractivity contribution in [2.24, 2.45) is 5.92 Å². The van der Waals surface area contributed by atoms with Crippen molar-refractivity contribution in [1.82, 2.24) is 0 Å². The third-order valence-corrected chi connectivity index (χ3v) is 4.67. The van der Waals surface area contributed by atoms with Crippen LogP contribution in [0.25, 0.3) is 0 Å². The molecule has 1 nitrogen and oxygen atoms in total. The average Bonchev–Trinajstić information content (AvgIpc) is 2.48. The van der Waals surface area contributed by atoms with Crippen LogP contribution in [0.5, 0.6) is 5.75 Å². The van der Waals surface area contributed by atoms with Gasteiger partial charge in [0.15, 0.2) is 11.6 Å². The Morgan fingerprint density at radius 3 is 2.62 bits per heavy atom. The summed E-state index contributed by atoms with van der Waals surface area (Å²) in [5, 5.41) is 9.69. The van der Waals surface area contributed by atoms with E-state index in [0.717, 1.165) is 24.8 Å². The Kier molecular flexibility index (Phi) is 6.01. The van der Waals surface area contributed by atoms with Crippen molar-refractivity contribution in [3.05, 3.63) is 28.8 Å². The summed E-state index contributed by atoms with van der Waals surface area (Å²) in [5.41, 5.74) is 1.42. The summed E-state index contributed by atoms with van der Waals surface area (Å²) in [7, 11) is 0. The summed E-state index contributed by atoms with van der Waals surface area (Å²) in [6, 6.07) is 1.28. The minimum absolute atomic E-state index is 0.469. The minimum atomic E-state index is -1.09. The van der Waals surface area contributed by atoms with E-state index in [1.54, 1.807) is 0 Å². The molecule has 0 saturated carbocycles. The first kappa shape index (κ1) is 16.3. The predicted octanol–water partition coefficient (Wildman–Crippen LogP) is 5.53. The fraction of sp³-hybridized carbons (Fsp3) is 0.667. The second-order valence-corrected chi connectivity index (χ2v) is 6.32. The van der Waals surface area contributed by atoms with Crippen molar-refractivity contribution in [2.45, 2.75) is 71.1 Å². The molecule has 1 aliphatic rings. The van der Waals surface area contributed by atoms with Crippen molar-refractivity contribution in [1.29, 1.82) is 0 Å². The molecule has 1 N–H and O–H groups in total. The van der Waals surface area contributed by atoms with Crippen LogP contribution in [0.2, 0.25) is 0 Å². The van der Waals surface area contributed by atoms with Crippen molar-refractivity contribution >= 4 is 0 Å². The minimum Gasteiger partial charge on any atom is -0.505 e. The quantitative estimate of drug-likeness (QED) is 0.656. The Morgan fingerprint density at radius 2 is 1.86 bits per heavy atom. The number of fused-ring (bicyclic) bond motifs is 1. The summed E-state index contributed by atoms with van der Waals surface area (Å²) in [4.78, 5) is 0. The highest BCUT2D eigenvalue weighted by molar-refractivity contribution is 5.42. The molecular formula is C18H26F2O. The Labute approximate surface area is 126 Å². The van der Waals surface area contributed by atoms with E-state index >= 15 is 0 Å². The molecular weight excluding hydrogens is 270 g/mol. The molecule has 0 aromatic heterocycles. The Hall–Kier alpha value is -1.12. The number of halogens is 2. The van der Waals surface area contributed by atoms with Crippen LogP contribution in [0.3, 0.4) is 0 Å². The van der Waals surface area contributed by atoms with Gasteiger partial charge in [-0.25, -0.2) is 4.39 Å². The topological polar surface area (TPSA) is 20.2 Å². The van der Waals surface area contributed by atoms with Crippen molar-refractivity contribution in [2.75, 3.05) is 0 Å². The van der Waals surface area contributed by atoms with Gasteiger partial charge in [-0.15, -0.1) is 0 Å². The van der Waals surface area contributed by atoms with Gasteiger partial charge < -0.3 is 5.11 Å². The largest absolute Gasteiger partial charge is 0.505 e. The molecule has 0 bridgehead atoms. The number of hydrogen-bond donors (Lipinski definition) is 1. The zero-order valence-corrected chi connectivity index (χ0v) is 12.9. The van der Waals surface area contributed by atoms with Gasteiger partial charge in [0.2, 0.25) is 5.82 Å². The van der Waals surface area contributed by atoms with Crippen LogP contribution in [-0.2, 0) is 12.8 Å². The van der Waals surface area contributed by atoms with E-state index in [1.165, 1.54) is 44.6 Å². The summed E-state index contributed by atoms with van der Waals surface area (Å²) >= 11 is 0. The number of rotatable bonds is 7. The smallest absolute Gasteiger partial charge is 0.200 e. The molecule has 21 heavy (non-hydrogen) atoms. The average molecular weight is 296 g/mol. The van der Waals surface area contributed by atoms with Crippen molar-refractivity contribution in [3.63, 3.8) is 0 Å². The summed E-state index contributed by atoms with van der Waals surface area (Å²) in [5.74, 6) is -1.94. The van der Waals surface area contributed by atoms with Gasteiger partial charge in [0.1, 0.15) is 0 Å². The molecule has 3 heteroatoms. The molecule has 1 aromatic rings. The van der Waals surface area contributed by atoms with E-state index in [9.17, 15) is 13.9 Å². The Balaban J connectivity index is 1.83. The number of unbranched alkanes of at least 4 members (excludes halogenated alkanes) is 5. The van der Waals surface area contributed by atoms with Crippen LogP contribution in [0, 0.1) is 17.6 Å². The third kappa shape index (κ3) is 4.18. The molecule has 0 radical (unpaired) electrons. The molecule has 2 rings (SSSR count). The highest BCUT2D eigenvalue weighted by Crippen LogP contribution is 2.36. The van der Waals surface area contributed by atoms with E-state index in [4.69, 9.17) is 0 Å². The summed E-state index contributed by atoms with van der Waals surface area (Å²) in [6.45, 7) is 2.22. The predicted molar refractivity (Wildman–Crippen MR) is 81.5 cm³/mol. The molecule has 0 heterocycles. The number of benzene rings is 1. The van der Waals surface area contributed by atoms with Gasteiger partial charge in [0.05, 0.1) is 0 Å². The molecule has 1 aromatic carbocycles. The standard InChI is InChI=1S/C18H26F2O/c1-2-3-4-5-6-7-8-13-9-10-15-14(11-13)12-16(19)17(20)18(15)21/h12-13,21H,2-11H2,1H3. The van der Waals surface area contributed by atoms with Gasteiger partial charge in [0, 0.05) is 5.56 Å². The van der Waals surface area contributed by atoms with Crippen LogP contribution in [0.15, 0.2) is 6.07 Å². The van der Waals surface area contributed by atoms with E-state index in [1.807, 2.05) is 0 Å². The lowest BCUT2D eigenvalue weighted by atomic mass is 9.81. The van der Waals surface area contributed by atoms with E-state index < -0.39 is 17.4 Å². The van der Waals surface area contributed by atoms with Gasteiger partial charge >= 0.3 is 0 Å². The molecule has 1 atom stereocenters. The first-order valence-electron chi connectivity index (χ1n) is 8.32. The fourth-order valence-corrected chi connectivity index (χ4v) is 3.38. The van der Waals surface area contributed by atoms with Crippen LogP contribution in [-0.4, -0.2) is 5.11 Å². The third-order valence-electron chi connectivity index (χ3n) is 4.67. The molecule has 1 unspecified atom stereocenters. The molecule has 0 aliphatic heterocycles. The first-order chi connectivity index (χ1) is 10.1. The SMILES string of the molecule is CCCCCCCCC1CCc2c(cc(F)c(F)c2O)C1. The highest BCUT2D eigenvalue weighted by atomic mass is 19.2. The maximum Gasteiger partial charge on any atom is 0.200 e. The van der Waals surface area contributed by atoms with Crippen LogP contribution >= 0.6 is 0 Å². The van der Waals surface area contributed by atoms with Gasteiger partial charge in [-0.2, -0.15) is 4.39 Å². The van der Waals surface area contributed by atoms with E-state index in [0.29, 0.717) is 17.9 Å². The zero-order valence-electron chi connectivity index (χ0n) is 12.9. The lowest BCUT2D eigenvalue weighted by molar-refractivity contribution is 0.370. The molecule has 1 aliphatic carbocycles. The fourth-order valence-electron chi connectivity index (χ4n) is 3.38. The van der Waals surface area contributed by atoms with Crippen LogP contribution in [0.4, 0.5) is 8.78 Å². The van der Waals surface area contributed by atoms with Crippen LogP contribution in [0.1, 0.15) is 69.4 Å². The van der Waals surface area contributed by atoms with Gasteiger partial charge in [-0.3, -0.25) is 0 Å². The normalized spacial score (nSPS) is 17.8. The van der Waals surface area contributed by atoms with Gasteiger partial charge in [-0.05, 0) is 36.8 Å². The molecule has 0 spiro atoms. The molecule has 118 valence electrons. The number of phenols is 1. The van der Waals surface area contributed by atoms with E-state index in [-0.39, 0.29) is 0 Å². The second kappa shape index (κ2) is 7.77. The van der Waals surface area contributed by atoms with E-state index in [2.05, 4.69) is 6.92 Å². The lowest BCUT2D eigenvalue weighted by Crippen LogP contribution is -2.15. The van der Waals surface area contributed by atoms with Crippen LogP contribution < -0.4 is 0 Å². The maximum absolute atomic E-state index is 13.4. The molecule has 0 fully saturated rings.